The molecule has 0 N–H and O–H groups in total. The molecule has 27 heavy (non-hydrogen) atoms. The number of benzene rings is 1. The summed E-state index contributed by atoms with van der Waals surface area (Å²) < 4.78 is 49.1. The van der Waals surface area contributed by atoms with Crippen LogP contribution in [0, 0.1) is 12.7 Å². The number of fused-ring (bicyclic) bond motifs is 3. The molecule has 1 fully saturated rings. The molecular weight excluding hydrogens is 371 g/mol. The van der Waals surface area contributed by atoms with Crippen molar-refractivity contribution in [3.05, 3.63) is 41.2 Å². The van der Waals surface area contributed by atoms with Gasteiger partial charge in [-0.1, -0.05) is 0 Å². The van der Waals surface area contributed by atoms with Crippen LogP contribution in [-0.2, 0) is 34.1 Å². The minimum Gasteiger partial charge on any atom is -0.384 e. The predicted octanol–water partition coefficient (Wildman–Crippen LogP) is 1.69. The van der Waals surface area contributed by atoms with E-state index in [2.05, 4.69) is 10.2 Å². The van der Waals surface area contributed by atoms with Crippen LogP contribution < -0.4 is 0 Å². The Balaban J connectivity index is 1.67. The van der Waals surface area contributed by atoms with Crippen molar-refractivity contribution in [1.29, 1.82) is 0 Å². The number of aromatic nitrogens is 3. The molecule has 1 saturated heterocycles. The van der Waals surface area contributed by atoms with Gasteiger partial charge in [-0.3, -0.25) is 0 Å². The summed E-state index contributed by atoms with van der Waals surface area (Å²) in [6, 6.07) is 3.69. The van der Waals surface area contributed by atoms with Crippen LogP contribution in [0.4, 0.5) is 4.39 Å². The highest BCUT2D eigenvalue weighted by Crippen LogP contribution is 2.36. The van der Waals surface area contributed by atoms with Crippen molar-refractivity contribution in [3.8, 4) is 0 Å². The summed E-state index contributed by atoms with van der Waals surface area (Å²) in [6.45, 7) is 2.66. The standard InChI is InChI=1S/C18H23FN4O3S/c1-12-9-15(5-6-16(12)19)27(24,25)23-13-3-4-14(23)11-22-17(7-8-26-2)20-21-18(22)10-13/h5-6,9,13-14H,3-4,7-8,10-11H2,1-2H3. The second-order valence-electron chi connectivity index (χ2n) is 7.22. The van der Waals surface area contributed by atoms with Crippen LogP contribution in [0.3, 0.4) is 0 Å². The molecule has 2 atom stereocenters. The third kappa shape index (κ3) is 3.17. The van der Waals surface area contributed by atoms with Crippen LogP contribution in [0.1, 0.15) is 30.1 Å². The van der Waals surface area contributed by atoms with Gasteiger partial charge in [0.25, 0.3) is 0 Å². The van der Waals surface area contributed by atoms with Gasteiger partial charge in [-0.15, -0.1) is 10.2 Å². The summed E-state index contributed by atoms with van der Waals surface area (Å²) in [4.78, 5) is 0.149. The average molecular weight is 394 g/mol. The molecule has 2 unspecified atom stereocenters. The van der Waals surface area contributed by atoms with Crippen LogP contribution in [0.25, 0.3) is 0 Å². The van der Waals surface area contributed by atoms with E-state index >= 15 is 0 Å². The normalized spacial score (nSPS) is 22.6. The number of aryl methyl sites for hydroxylation is 1. The second kappa shape index (κ2) is 6.96. The number of rotatable bonds is 5. The molecule has 0 spiro atoms. The Morgan fingerprint density at radius 1 is 1.26 bits per heavy atom. The van der Waals surface area contributed by atoms with Crippen LogP contribution in [-0.4, -0.2) is 53.3 Å². The van der Waals surface area contributed by atoms with Gasteiger partial charge in [0.05, 0.1) is 11.5 Å². The molecule has 2 aliphatic rings. The highest BCUT2D eigenvalue weighted by Gasteiger charge is 2.45. The van der Waals surface area contributed by atoms with E-state index in [1.54, 1.807) is 18.3 Å². The molecule has 0 saturated carbocycles. The summed E-state index contributed by atoms with van der Waals surface area (Å²) in [6.07, 6.45) is 2.77. The lowest BCUT2D eigenvalue weighted by atomic mass is 10.1. The van der Waals surface area contributed by atoms with E-state index in [0.717, 1.165) is 24.5 Å². The highest BCUT2D eigenvalue weighted by atomic mass is 32.2. The first kappa shape index (κ1) is 18.5. The van der Waals surface area contributed by atoms with Crippen molar-refractivity contribution >= 4 is 10.0 Å². The molecule has 2 bridgehead atoms. The summed E-state index contributed by atoms with van der Waals surface area (Å²) in [5.74, 6) is 1.25. The van der Waals surface area contributed by atoms with E-state index in [1.165, 1.54) is 18.2 Å². The van der Waals surface area contributed by atoms with E-state index in [1.807, 2.05) is 4.57 Å². The minimum atomic E-state index is -3.71. The van der Waals surface area contributed by atoms with Gasteiger partial charge in [0.1, 0.15) is 17.5 Å². The minimum absolute atomic E-state index is 0.147. The lowest BCUT2D eigenvalue weighted by Crippen LogP contribution is -2.42. The van der Waals surface area contributed by atoms with Crippen LogP contribution in [0.5, 0.6) is 0 Å². The molecule has 1 aromatic heterocycles. The molecule has 3 heterocycles. The average Bonchev–Trinajstić information content (AvgIpc) is 3.15. The first-order valence-electron chi connectivity index (χ1n) is 9.11. The Morgan fingerprint density at radius 3 is 2.78 bits per heavy atom. The van der Waals surface area contributed by atoms with Crippen molar-refractivity contribution in [1.82, 2.24) is 19.1 Å². The van der Waals surface area contributed by atoms with Gasteiger partial charge in [0, 0.05) is 38.6 Å². The number of sulfonamides is 1. The third-order valence-electron chi connectivity index (χ3n) is 5.50. The molecule has 0 aliphatic carbocycles. The topological polar surface area (TPSA) is 77.3 Å². The van der Waals surface area contributed by atoms with Gasteiger partial charge in [-0.2, -0.15) is 4.31 Å². The fraction of sp³-hybridized carbons (Fsp3) is 0.556. The van der Waals surface area contributed by atoms with Crippen LogP contribution >= 0.6 is 0 Å². The molecule has 146 valence electrons. The number of ether oxygens (including phenoxy) is 1. The van der Waals surface area contributed by atoms with Crippen molar-refractivity contribution < 1.29 is 17.5 Å². The molecule has 1 aromatic carbocycles. The zero-order valence-corrected chi connectivity index (χ0v) is 16.2. The summed E-state index contributed by atoms with van der Waals surface area (Å²) >= 11 is 0. The van der Waals surface area contributed by atoms with Gasteiger partial charge in [0.2, 0.25) is 10.0 Å². The summed E-state index contributed by atoms with van der Waals surface area (Å²) in [7, 11) is -2.07. The van der Waals surface area contributed by atoms with Gasteiger partial charge >= 0.3 is 0 Å². The highest BCUT2D eigenvalue weighted by molar-refractivity contribution is 7.89. The molecule has 0 radical (unpaired) electrons. The Labute approximate surface area is 158 Å². The van der Waals surface area contributed by atoms with Crippen LogP contribution in [0.2, 0.25) is 0 Å². The Hall–Kier alpha value is -1.84. The Morgan fingerprint density at radius 2 is 2.04 bits per heavy atom. The molecular formula is C18H23FN4O3S. The maximum atomic E-state index is 13.6. The SMILES string of the molecule is COCCc1nnc2n1CC1CCC(C2)N1S(=O)(=O)c1ccc(F)c(C)c1. The van der Waals surface area contributed by atoms with E-state index < -0.39 is 15.8 Å². The van der Waals surface area contributed by atoms with Crippen LogP contribution in [0.15, 0.2) is 23.1 Å². The number of nitrogens with zero attached hydrogens (tertiary/aromatic N) is 4. The zero-order valence-electron chi connectivity index (χ0n) is 15.4. The smallest absolute Gasteiger partial charge is 0.243 e. The molecule has 0 amide bonds. The summed E-state index contributed by atoms with van der Waals surface area (Å²) in [5.41, 5.74) is 0.331. The third-order valence-corrected chi connectivity index (χ3v) is 7.50. The molecule has 9 heteroatoms. The van der Waals surface area contributed by atoms with Gasteiger partial charge in [-0.25, -0.2) is 12.8 Å². The van der Waals surface area contributed by atoms with Crippen molar-refractivity contribution in [2.24, 2.45) is 0 Å². The molecule has 2 aromatic rings. The molecule has 7 nitrogen and oxygen atoms in total. The number of hydrogen-bond acceptors (Lipinski definition) is 5. The Kier molecular flexibility index (Phi) is 4.77. The van der Waals surface area contributed by atoms with Crippen molar-refractivity contribution in [2.75, 3.05) is 13.7 Å². The van der Waals surface area contributed by atoms with Gasteiger partial charge < -0.3 is 9.30 Å². The lowest BCUT2D eigenvalue weighted by molar-refractivity contribution is 0.199. The predicted molar refractivity (Wildman–Crippen MR) is 96.3 cm³/mol. The lowest BCUT2D eigenvalue weighted by Gasteiger charge is -2.27. The number of hydrogen-bond donors (Lipinski definition) is 0. The van der Waals surface area contributed by atoms with E-state index in [9.17, 15) is 12.8 Å². The summed E-state index contributed by atoms with van der Waals surface area (Å²) in [5, 5.41) is 8.55. The maximum Gasteiger partial charge on any atom is 0.243 e. The Bertz CT molecular complexity index is 960. The first-order valence-corrected chi connectivity index (χ1v) is 10.6. The fourth-order valence-corrected chi connectivity index (χ4v) is 6.07. The van der Waals surface area contributed by atoms with Crippen molar-refractivity contribution in [3.63, 3.8) is 0 Å². The van der Waals surface area contributed by atoms with Gasteiger partial charge in [-0.05, 0) is 43.5 Å². The first-order chi connectivity index (χ1) is 12.9. The second-order valence-corrected chi connectivity index (χ2v) is 9.06. The number of methoxy groups -OCH3 is 1. The van der Waals surface area contributed by atoms with E-state index in [-0.39, 0.29) is 17.0 Å². The maximum absolute atomic E-state index is 13.6. The monoisotopic (exact) mass is 394 g/mol. The van der Waals surface area contributed by atoms with Gasteiger partial charge in [0.15, 0.2) is 0 Å². The number of halogens is 1. The quantitative estimate of drug-likeness (QED) is 0.771. The zero-order chi connectivity index (χ0) is 19.2. The van der Waals surface area contributed by atoms with Crippen molar-refractivity contribution in [2.45, 2.75) is 56.1 Å². The molecule has 4 rings (SSSR count). The van der Waals surface area contributed by atoms with E-state index in [0.29, 0.717) is 31.6 Å². The van der Waals surface area contributed by atoms with E-state index in [4.69, 9.17) is 4.74 Å². The molecule has 2 aliphatic heterocycles. The fourth-order valence-electron chi connectivity index (χ4n) is 4.13. The largest absolute Gasteiger partial charge is 0.384 e.